The van der Waals surface area contributed by atoms with Gasteiger partial charge in [0.15, 0.2) is 0 Å². The lowest BCUT2D eigenvalue weighted by Gasteiger charge is -2.27. The van der Waals surface area contributed by atoms with Crippen LogP contribution in [0.25, 0.3) is 0 Å². The van der Waals surface area contributed by atoms with Gasteiger partial charge in [0.25, 0.3) is 0 Å². The van der Waals surface area contributed by atoms with E-state index in [0.29, 0.717) is 30.2 Å². The Balaban J connectivity index is 1.73. The normalized spacial score (nSPS) is 11.2. The van der Waals surface area contributed by atoms with Crippen LogP contribution in [0.1, 0.15) is 36.0 Å². The van der Waals surface area contributed by atoms with Gasteiger partial charge in [-0.15, -0.1) is 0 Å². The topological polar surface area (TPSA) is 36.7 Å². The number of halogens is 2. The van der Waals surface area contributed by atoms with Crippen LogP contribution in [0.4, 0.5) is 4.39 Å². The van der Waals surface area contributed by atoms with Crippen molar-refractivity contribution in [2.24, 2.45) is 0 Å². The first kappa shape index (κ1) is 24.0. The third kappa shape index (κ3) is 6.94. The summed E-state index contributed by atoms with van der Waals surface area (Å²) in [4.78, 5) is 17.1. The molecule has 2 aromatic carbocycles. The monoisotopic (exact) mass is 456 g/mol. The highest BCUT2D eigenvalue weighted by atomic mass is 35.5. The summed E-state index contributed by atoms with van der Waals surface area (Å²) < 4.78 is 20.0. The lowest BCUT2D eigenvalue weighted by molar-refractivity contribution is -0.133. The molecule has 6 heteroatoms. The molecule has 0 aliphatic rings. The van der Waals surface area contributed by atoms with E-state index in [-0.39, 0.29) is 24.8 Å². The van der Waals surface area contributed by atoms with Crippen molar-refractivity contribution in [2.45, 2.75) is 39.8 Å². The van der Waals surface area contributed by atoms with Crippen molar-refractivity contribution < 1.29 is 13.6 Å². The highest BCUT2D eigenvalue weighted by molar-refractivity contribution is 6.31. The van der Waals surface area contributed by atoms with E-state index in [1.807, 2.05) is 54.0 Å². The van der Waals surface area contributed by atoms with Crippen molar-refractivity contribution in [3.8, 4) is 0 Å². The van der Waals surface area contributed by atoms with Gasteiger partial charge >= 0.3 is 0 Å². The van der Waals surface area contributed by atoms with Crippen molar-refractivity contribution >= 4 is 17.5 Å². The molecular formula is C26H30ClFN2O2. The van der Waals surface area contributed by atoms with E-state index in [9.17, 15) is 9.18 Å². The summed E-state index contributed by atoms with van der Waals surface area (Å²) in [6, 6.07) is 18.6. The summed E-state index contributed by atoms with van der Waals surface area (Å²) in [5, 5.41) is 0.380. The smallest absolute Gasteiger partial charge is 0.237 e. The minimum atomic E-state index is -0.349. The van der Waals surface area contributed by atoms with Gasteiger partial charge < -0.3 is 9.32 Å². The minimum absolute atomic E-state index is 0.0177. The molecule has 4 nitrogen and oxygen atoms in total. The molecule has 0 bridgehead atoms. The summed E-state index contributed by atoms with van der Waals surface area (Å²) in [5.41, 5.74) is 1.59. The van der Waals surface area contributed by atoms with E-state index in [2.05, 4.69) is 12.1 Å². The summed E-state index contributed by atoms with van der Waals surface area (Å²) in [6.45, 7) is 6.05. The minimum Gasteiger partial charge on any atom is -0.464 e. The molecule has 3 aromatic rings. The quantitative estimate of drug-likeness (QED) is 0.362. The number of carbonyl (C=O) groups excluding carboxylic acids is 1. The third-order valence-corrected chi connectivity index (χ3v) is 5.70. The van der Waals surface area contributed by atoms with Gasteiger partial charge in [-0.25, -0.2) is 4.39 Å². The maximum atomic E-state index is 14.3. The van der Waals surface area contributed by atoms with E-state index in [1.54, 1.807) is 12.1 Å². The van der Waals surface area contributed by atoms with Crippen LogP contribution in [0.15, 0.2) is 65.1 Å². The predicted octanol–water partition coefficient (Wildman–Crippen LogP) is 5.86. The Morgan fingerprint density at radius 1 is 1.00 bits per heavy atom. The molecule has 0 spiro atoms. The van der Waals surface area contributed by atoms with Gasteiger partial charge in [-0.05, 0) is 56.1 Å². The number of furan rings is 1. The van der Waals surface area contributed by atoms with Gasteiger partial charge in [-0.1, -0.05) is 54.9 Å². The van der Waals surface area contributed by atoms with Gasteiger partial charge in [0.1, 0.15) is 17.3 Å². The molecule has 0 aliphatic heterocycles. The van der Waals surface area contributed by atoms with E-state index >= 15 is 0 Å². The highest BCUT2D eigenvalue weighted by Crippen LogP contribution is 2.21. The number of amides is 1. The molecule has 0 N–H and O–H groups in total. The molecule has 3 rings (SSSR count). The van der Waals surface area contributed by atoms with Crippen LogP contribution < -0.4 is 0 Å². The van der Waals surface area contributed by atoms with Crippen LogP contribution in [0.2, 0.25) is 5.02 Å². The maximum absolute atomic E-state index is 14.3. The van der Waals surface area contributed by atoms with E-state index in [0.717, 1.165) is 24.4 Å². The highest BCUT2D eigenvalue weighted by Gasteiger charge is 2.20. The molecule has 0 unspecified atom stereocenters. The number of hydrogen-bond donors (Lipinski definition) is 0. The first-order valence-corrected chi connectivity index (χ1v) is 11.4. The Kier molecular flexibility index (Phi) is 8.89. The summed E-state index contributed by atoms with van der Waals surface area (Å²) in [5.74, 6) is 1.20. The van der Waals surface area contributed by atoms with E-state index < -0.39 is 0 Å². The fourth-order valence-electron chi connectivity index (χ4n) is 3.69. The largest absolute Gasteiger partial charge is 0.464 e. The first-order valence-electron chi connectivity index (χ1n) is 11.0. The zero-order valence-corrected chi connectivity index (χ0v) is 19.4. The van der Waals surface area contributed by atoms with Crippen LogP contribution in [-0.2, 0) is 24.3 Å². The number of rotatable bonds is 11. The second-order valence-corrected chi connectivity index (χ2v) is 8.38. The average Bonchev–Trinajstić information content (AvgIpc) is 3.19. The first-order chi connectivity index (χ1) is 15.5. The lowest BCUT2D eigenvalue weighted by Crippen LogP contribution is -2.41. The van der Waals surface area contributed by atoms with Gasteiger partial charge in [-0.2, -0.15) is 0 Å². The molecule has 170 valence electrons. The Hall–Kier alpha value is -2.63. The Bertz CT molecular complexity index is 986. The van der Waals surface area contributed by atoms with E-state index in [4.69, 9.17) is 16.0 Å². The third-order valence-electron chi connectivity index (χ3n) is 5.35. The second-order valence-electron chi connectivity index (χ2n) is 7.97. The van der Waals surface area contributed by atoms with Gasteiger partial charge in [-0.3, -0.25) is 9.69 Å². The molecular weight excluding hydrogens is 427 g/mol. The molecule has 1 aromatic heterocycles. The van der Waals surface area contributed by atoms with Crippen molar-refractivity contribution in [1.82, 2.24) is 9.80 Å². The molecule has 1 heterocycles. The number of aryl methyl sites for hydroxylation is 1. The zero-order chi connectivity index (χ0) is 22.9. The van der Waals surface area contributed by atoms with Crippen LogP contribution in [0.3, 0.4) is 0 Å². The lowest BCUT2D eigenvalue weighted by atomic mass is 10.1. The molecule has 0 atom stereocenters. The van der Waals surface area contributed by atoms with Crippen LogP contribution in [0.5, 0.6) is 0 Å². The number of benzene rings is 2. The number of nitrogens with zero attached hydrogens (tertiary/aromatic N) is 2. The van der Waals surface area contributed by atoms with Gasteiger partial charge in [0, 0.05) is 23.7 Å². The van der Waals surface area contributed by atoms with Crippen LogP contribution in [-0.4, -0.2) is 35.3 Å². The Morgan fingerprint density at radius 2 is 1.78 bits per heavy atom. The van der Waals surface area contributed by atoms with Crippen LogP contribution >= 0.6 is 11.6 Å². The molecule has 1 amide bonds. The van der Waals surface area contributed by atoms with Gasteiger partial charge in [0.2, 0.25) is 5.91 Å². The number of carbonyl (C=O) groups is 1. The van der Waals surface area contributed by atoms with Crippen LogP contribution in [0, 0.1) is 12.7 Å². The van der Waals surface area contributed by atoms with Crippen molar-refractivity contribution in [3.63, 3.8) is 0 Å². The zero-order valence-electron chi connectivity index (χ0n) is 18.7. The molecule has 0 fully saturated rings. The molecule has 32 heavy (non-hydrogen) atoms. The predicted molar refractivity (Wildman–Crippen MR) is 126 cm³/mol. The number of hydrogen-bond acceptors (Lipinski definition) is 3. The van der Waals surface area contributed by atoms with Gasteiger partial charge in [0.05, 0.1) is 13.1 Å². The molecule has 0 radical (unpaired) electrons. The average molecular weight is 457 g/mol. The SMILES string of the molecule is CCCN(CC(=O)N(CCc1ccccc1)Cc1ccc(C)o1)Cc1c(F)cccc1Cl. The summed E-state index contributed by atoms with van der Waals surface area (Å²) >= 11 is 6.23. The molecule has 0 saturated heterocycles. The molecule has 0 aliphatic carbocycles. The van der Waals surface area contributed by atoms with E-state index in [1.165, 1.54) is 11.6 Å². The van der Waals surface area contributed by atoms with Crippen molar-refractivity contribution in [2.75, 3.05) is 19.6 Å². The molecule has 0 saturated carbocycles. The van der Waals surface area contributed by atoms with Crippen molar-refractivity contribution in [3.05, 3.63) is 94.2 Å². The summed E-state index contributed by atoms with van der Waals surface area (Å²) in [7, 11) is 0. The summed E-state index contributed by atoms with van der Waals surface area (Å²) in [6.07, 6.45) is 1.60. The fraction of sp³-hybridized carbons (Fsp3) is 0.346. The fourth-order valence-corrected chi connectivity index (χ4v) is 3.91. The Labute approximate surface area is 194 Å². The Morgan fingerprint density at radius 3 is 2.44 bits per heavy atom. The van der Waals surface area contributed by atoms with Crippen molar-refractivity contribution in [1.29, 1.82) is 0 Å². The second kappa shape index (κ2) is 11.8. The standard InChI is InChI=1S/C26H30ClFN2O2/c1-3-15-29(18-23-24(27)10-7-11-25(23)28)19-26(31)30(17-22-13-12-20(2)32-22)16-14-21-8-5-4-6-9-21/h4-13H,3,14-19H2,1-2H3. The maximum Gasteiger partial charge on any atom is 0.237 e.